The molecule has 0 heterocycles. The number of unbranched alkanes of at least 4 members (excludes halogenated alkanes) is 1. The average molecular weight is 318 g/mol. The fourth-order valence-electron chi connectivity index (χ4n) is 2.38. The lowest BCUT2D eigenvalue weighted by Gasteiger charge is -2.13. The summed E-state index contributed by atoms with van der Waals surface area (Å²) in [7, 11) is 1.65. The van der Waals surface area contributed by atoms with Crippen LogP contribution in [0.25, 0.3) is 10.8 Å². The molecule has 0 aliphatic carbocycles. The zero-order valence-corrected chi connectivity index (χ0v) is 13.7. The predicted octanol–water partition coefficient (Wildman–Crippen LogP) is 2.45. The Bertz CT molecular complexity index is 657. The number of methoxy groups -OCH3 is 1. The summed E-state index contributed by atoms with van der Waals surface area (Å²) in [6, 6.07) is 11.9. The van der Waals surface area contributed by atoms with Crippen LogP contribution in [0, 0.1) is 0 Å². The third-order valence-electron chi connectivity index (χ3n) is 3.85. The van der Waals surface area contributed by atoms with E-state index in [0.717, 1.165) is 34.9 Å². The predicted molar refractivity (Wildman–Crippen MR) is 87.9 cm³/mol. The lowest BCUT2D eigenvalue weighted by molar-refractivity contribution is -0.689. The van der Waals surface area contributed by atoms with Gasteiger partial charge in [-0.25, -0.2) is 10.7 Å². The first-order valence-corrected chi connectivity index (χ1v) is 7.77. The van der Waals surface area contributed by atoms with Gasteiger partial charge >= 0.3 is 5.97 Å². The highest BCUT2D eigenvalue weighted by Gasteiger charge is 2.17. The Morgan fingerprint density at radius 1 is 1.09 bits per heavy atom. The zero-order valence-electron chi connectivity index (χ0n) is 13.7. The first-order chi connectivity index (χ1) is 11.2. The Morgan fingerprint density at radius 2 is 1.78 bits per heavy atom. The van der Waals surface area contributed by atoms with E-state index < -0.39 is 0 Å². The molecule has 0 aliphatic rings. The number of rotatable bonds is 8. The number of esters is 1. The number of hydrogen-bond acceptors (Lipinski definition) is 4. The van der Waals surface area contributed by atoms with E-state index in [9.17, 15) is 4.79 Å². The minimum Gasteiger partial charge on any atom is -0.497 e. The Kier molecular flexibility index (Phi) is 6.38. The molecule has 2 aromatic rings. The first-order valence-electron chi connectivity index (χ1n) is 7.77. The Morgan fingerprint density at radius 3 is 2.52 bits per heavy atom. The van der Waals surface area contributed by atoms with E-state index in [2.05, 4.69) is 5.90 Å². The van der Waals surface area contributed by atoms with Crippen LogP contribution in [-0.2, 0) is 14.4 Å². The van der Waals surface area contributed by atoms with Crippen molar-refractivity contribution in [2.45, 2.75) is 25.7 Å². The topological polar surface area (TPSA) is 72.4 Å². The van der Waals surface area contributed by atoms with E-state index in [1.165, 1.54) is 0 Å². The minimum atomic E-state index is -0.286. The van der Waals surface area contributed by atoms with Crippen molar-refractivity contribution in [3.05, 3.63) is 42.0 Å². The smallest absolute Gasteiger partial charge is 0.313 e. The standard InChI is InChI=1S/C18H24NO4/c1-13(18(20)22-9-3-4-10-23-19)14-5-6-16-12-17(21-2)8-7-15(16)11-14/h5-8,11-13H,3-4,9-10H2,1-2,19H3/q+1/t13-/m0/s1. The molecule has 0 saturated carbocycles. The molecule has 3 N–H and O–H groups in total. The van der Waals surface area contributed by atoms with Crippen LogP contribution in [-0.4, -0.2) is 26.3 Å². The fourth-order valence-corrected chi connectivity index (χ4v) is 2.38. The van der Waals surface area contributed by atoms with Gasteiger partial charge in [-0.3, -0.25) is 4.79 Å². The van der Waals surface area contributed by atoms with E-state index in [1.54, 1.807) is 7.11 Å². The molecule has 5 nitrogen and oxygen atoms in total. The van der Waals surface area contributed by atoms with Crippen molar-refractivity contribution >= 4 is 16.7 Å². The van der Waals surface area contributed by atoms with Crippen LogP contribution < -0.4 is 10.6 Å². The van der Waals surface area contributed by atoms with E-state index in [1.807, 2.05) is 43.3 Å². The fraction of sp³-hybridized carbons (Fsp3) is 0.389. The van der Waals surface area contributed by atoms with E-state index >= 15 is 0 Å². The minimum absolute atomic E-state index is 0.201. The third-order valence-corrected chi connectivity index (χ3v) is 3.85. The number of carbonyl (C=O) groups is 1. The maximum Gasteiger partial charge on any atom is 0.313 e. The monoisotopic (exact) mass is 318 g/mol. The Balaban J connectivity index is 1.99. The number of fused-ring (bicyclic) bond motifs is 1. The van der Waals surface area contributed by atoms with Gasteiger partial charge in [0.2, 0.25) is 0 Å². The highest BCUT2D eigenvalue weighted by Crippen LogP contribution is 2.25. The third kappa shape index (κ3) is 4.68. The van der Waals surface area contributed by atoms with Crippen LogP contribution in [0.3, 0.4) is 0 Å². The van der Waals surface area contributed by atoms with Crippen molar-refractivity contribution < 1.29 is 25.0 Å². The molecule has 0 saturated heterocycles. The maximum atomic E-state index is 12.1. The van der Waals surface area contributed by atoms with E-state index in [4.69, 9.17) is 14.3 Å². The number of quaternary nitrogens is 1. The number of carbonyl (C=O) groups excluding carboxylic acids is 1. The summed E-state index contributed by atoms with van der Waals surface area (Å²) in [5.41, 5.74) is 0.953. The Labute approximate surface area is 136 Å². The molecule has 2 aromatic carbocycles. The SMILES string of the molecule is COc1ccc2cc([C@H](C)C(=O)OCCCCO[NH3+])ccc2c1. The molecule has 0 amide bonds. The molecule has 5 heteroatoms. The lowest BCUT2D eigenvalue weighted by Crippen LogP contribution is -2.49. The molecule has 0 aliphatic heterocycles. The number of hydrogen-bond donors (Lipinski definition) is 1. The second-order valence-corrected chi connectivity index (χ2v) is 5.48. The summed E-state index contributed by atoms with van der Waals surface area (Å²) in [5.74, 6) is 3.64. The summed E-state index contributed by atoms with van der Waals surface area (Å²) in [6.07, 6.45) is 1.62. The summed E-state index contributed by atoms with van der Waals surface area (Å²) in [5, 5.41) is 2.16. The van der Waals surface area contributed by atoms with Crippen LogP contribution in [0.5, 0.6) is 5.75 Å². The normalized spacial score (nSPS) is 12.1. The van der Waals surface area contributed by atoms with Gasteiger partial charge in [-0.05, 0) is 48.2 Å². The summed E-state index contributed by atoms with van der Waals surface area (Å²) < 4.78 is 10.5. The van der Waals surface area contributed by atoms with E-state index in [-0.39, 0.29) is 11.9 Å². The summed E-state index contributed by atoms with van der Waals surface area (Å²) in [6.45, 7) is 2.87. The summed E-state index contributed by atoms with van der Waals surface area (Å²) in [4.78, 5) is 16.9. The highest BCUT2D eigenvalue weighted by molar-refractivity contribution is 5.86. The maximum absolute atomic E-state index is 12.1. The van der Waals surface area contributed by atoms with Crippen LogP contribution >= 0.6 is 0 Å². The van der Waals surface area contributed by atoms with Gasteiger partial charge in [-0.15, -0.1) is 0 Å². The van der Waals surface area contributed by atoms with Gasteiger partial charge in [0.1, 0.15) is 12.4 Å². The lowest BCUT2D eigenvalue weighted by atomic mass is 9.98. The molecule has 0 radical (unpaired) electrons. The molecule has 1 atom stereocenters. The van der Waals surface area contributed by atoms with Gasteiger partial charge in [-0.1, -0.05) is 24.3 Å². The molecule has 0 spiro atoms. The van der Waals surface area contributed by atoms with Gasteiger partial charge in [0.25, 0.3) is 0 Å². The molecule has 23 heavy (non-hydrogen) atoms. The van der Waals surface area contributed by atoms with Crippen LogP contribution in [0.4, 0.5) is 0 Å². The quantitative estimate of drug-likeness (QED) is 0.461. The van der Waals surface area contributed by atoms with Crippen molar-refractivity contribution in [2.24, 2.45) is 0 Å². The second-order valence-electron chi connectivity index (χ2n) is 5.48. The average Bonchev–Trinajstić information content (AvgIpc) is 2.59. The van der Waals surface area contributed by atoms with Gasteiger partial charge in [0, 0.05) is 0 Å². The molecular formula is C18H24NO4+. The molecule has 124 valence electrons. The van der Waals surface area contributed by atoms with Crippen molar-refractivity contribution in [3.63, 3.8) is 0 Å². The molecular weight excluding hydrogens is 294 g/mol. The molecule has 0 unspecified atom stereocenters. The second kappa shape index (κ2) is 8.50. The van der Waals surface area contributed by atoms with Gasteiger partial charge in [-0.2, -0.15) is 0 Å². The number of ether oxygens (including phenoxy) is 2. The molecule has 0 bridgehead atoms. The van der Waals surface area contributed by atoms with Crippen molar-refractivity contribution in [2.75, 3.05) is 20.3 Å². The van der Waals surface area contributed by atoms with E-state index in [0.29, 0.717) is 13.2 Å². The highest BCUT2D eigenvalue weighted by atomic mass is 16.6. The molecule has 0 fully saturated rings. The van der Waals surface area contributed by atoms with Crippen LogP contribution in [0.1, 0.15) is 31.2 Å². The summed E-state index contributed by atoms with van der Waals surface area (Å²) >= 11 is 0. The van der Waals surface area contributed by atoms with Crippen LogP contribution in [0.15, 0.2) is 36.4 Å². The van der Waals surface area contributed by atoms with Gasteiger partial charge in [0.15, 0.2) is 0 Å². The largest absolute Gasteiger partial charge is 0.497 e. The van der Waals surface area contributed by atoms with Crippen molar-refractivity contribution in [1.29, 1.82) is 0 Å². The van der Waals surface area contributed by atoms with Gasteiger partial charge < -0.3 is 9.47 Å². The van der Waals surface area contributed by atoms with Crippen molar-refractivity contribution in [3.8, 4) is 5.75 Å². The van der Waals surface area contributed by atoms with Gasteiger partial charge in [0.05, 0.1) is 19.6 Å². The van der Waals surface area contributed by atoms with Crippen molar-refractivity contribution in [1.82, 2.24) is 0 Å². The zero-order chi connectivity index (χ0) is 16.7. The van der Waals surface area contributed by atoms with Crippen LogP contribution in [0.2, 0.25) is 0 Å². The first kappa shape index (κ1) is 17.2. The molecule has 0 aromatic heterocycles. The molecule has 2 rings (SSSR count). The number of benzene rings is 2. The Hall–Kier alpha value is -2.11.